The van der Waals surface area contributed by atoms with E-state index >= 15 is 0 Å². The largest absolute Gasteiger partial charge is 0.490 e. The van der Waals surface area contributed by atoms with Crippen molar-refractivity contribution >= 4 is 17.2 Å². The third-order valence-corrected chi connectivity index (χ3v) is 6.86. The average Bonchev–Trinajstić information content (AvgIpc) is 3.40. The van der Waals surface area contributed by atoms with Crippen LogP contribution in [-0.2, 0) is 13.0 Å². The molecule has 0 bridgehead atoms. The summed E-state index contributed by atoms with van der Waals surface area (Å²) in [5.41, 5.74) is 4.50. The number of carbonyl (C=O) groups excluding carboxylic acids is 1. The van der Waals surface area contributed by atoms with Crippen molar-refractivity contribution in [1.29, 1.82) is 0 Å². The molecule has 7 heteroatoms. The van der Waals surface area contributed by atoms with Gasteiger partial charge in [-0.05, 0) is 72.8 Å². The Balaban J connectivity index is 1.54. The molecule has 1 aromatic heterocycles. The van der Waals surface area contributed by atoms with E-state index in [2.05, 4.69) is 51.3 Å². The zero-order valence-electron chi connectivity index (χ0n) is 20.7. The smallest absolute Gasteiger partial charge is 0.251 e. The van der Waals surface area contributed by atoms with Gasteiger partial charge in [0.15, 0.2) is 11.5 Å². The number of hydrogen-bond acceptors (Lipinski definition) is 6. The Morgan fingerprint density at radius 1 is 1.00 bits per heavy atom. The van der Waals surface area contributed by atoms with Crippen LogP contribution in [0.2, 0.25) is 0 Å². The number of rotatable bonds is 11. The van der Waals surface area contributed by atoms with Crippen LogP contribution in [0.5, 0.6) is 17.2 Å². The summed E-state index contributed by atoms with van der Waals surface area (Å²) in [6.45, 7) is 9.48. The fourth-order valence-electron chi connectivity index (χ4n) is 4.52. The van der Waals surface area contributed by atoms with E-state index in [9.17, 15) is 4.79 Å². The van der Waals surface area contributed by atoms with Gasteiger partial charge in [0.2, 0.25) is 5.75 Å². The standard InChI is InChI=1S/C28H34N2O4S/c1-4-32-25-15-23(16-26(33-5-2)27(25)34-6-3)28(31)29-17-24(22-12-14-35-19-22)30-13-11-20-9-7-8-10-21(20)18-30/h7-10,12,14-16,19,24H,4-6,11,13,17-18H2,1-3H3,(H,29,31). The number of thiophene rings is 1. The van der Waals surface area contributed by atoms with Gasteiger partial charge in [-0.2, -0.15) is 11.3 Å². The molecule has 1 atom stereocenters. The molecule has 0 fully saturated rings. The molecule has 0 radical (unpaired) electrons. The van der Waals surface area contributed by atoms with Gasteiger partial charge in [-0.3, -0.25) is 9.69 Å². The molecular weight excluding hydrogens is 460 g/mol. The lowest BCUT2D eigenvalue weighted by Crippen LogP contribution is -2.40. The highest BCUT2D eigenvalue weighted by Gasteiger charge is 2.26. The van der Waals surface area contributed by atoms with Gasteiger partial charge < -0.3 is 19.5 Å². The molecule has 186 valence electrons. The number of benzene rings is 2. The normalized spacial score (nSPS) is 14.1. The number of ether oxygens (including phenoxy) is 3. The Morgan fingerprint density at radius 3 is 2.31 bits per heavy atom. The van der Waals surface area contributed by atoms with Crippen LogP contribution < -0.4 is 19.5 Å². The minimum Gasteiger partial charge on any atom is -0.490 e. The molecule has 3 aromatic rings. The molecular formula is C28H34N2O4S. The summed E-state index contributed by atoms with van der Waals surface area (Å²) in [5, 5.41) is 7.44. The monoisotopic (exact) mass is 494 g/mol. The van der Waals surface area contributed by atoms with Crippen molar-refractivity contribution in [2.24, 2.45) is 0 Å². The van der Waals surface area contributed by atoms with Crippen LogP contribution in [-0.4, -0.2) is 43.7 Å². The Hall–Kier alpha value is -3.03. The molecule has 35 heavy (non-hydrogen) atoms. The van der Waals surface area contributed by atoms with E-state index in [1.807, 2.05) is 20.8 Å². The van der Waals surface area contributed by atoms with E-state index < -0.39 is 0 Å². The maximum atomic E-state index is 13.3. The van der Waals surface area contributed by atoms with Crippen molar-refractivity contribution in [2.75, 3.05) is 32.9 Å². The SMILES string of the molecule is CCOc1cc(C(=O)NCC(c2ccsc2)N2CCc3ccccc3C2)cc(OCC)c1OCC. The summed E-state index contributed by atoms with van der Waals surface area (Å²) in [6, 6.07) is 14.3. The van der Waals surface area contributed by atoms with Crippen molar-refractivity contribution in [2.45, 2.75) is 39.8 Å². The second-order valence-corrected chi connectivity index (χ2v) is 9.15. The Kier molecular flexibility index (Phi) is 8.66. The topological polar surface area (TPSA) is 60.0 Å². The molecule has 0 spiro atoms. The Bertz CT molecular complexity index is 1090. The third kappa shape index (κ3) is 5.97. The highest BCUT2D eigenvalue weighted by Crippen LogP contribution is 2.39. The number of nitrogens with one attached hydrogen (secondary N) is 1. The van der Waals surface area contributed by atoms with Gasteiger partial charge in [0.1, 0.15) is 0 Å². The van der Waals surface area contributed by atoms with Crippen molar-refractivity contribution in [3.05, 3.63) is 75.5 Å². The van der Waals surface area contributed by atoms with Gasteiger partial charge in [0.05, 0.1) is 25.9 Å². The van der Waals surface area contributed by atoms with Gasteiger partial charge >= 0.3 is 0 Å². The molecule has 2 aromatic carbocycles. The summed E-state index contributed by atoms with van der Waals surface area (Å²) in [4.78, 5) is 15.8. The number of nitrogens with zero attached hydrogens (tertiary/aromatic N) is 1. The zero-order valence-corrected chi connectivity index (χ0v) is 21.5. The molecule has 4 rings (SSSR count). The van der Waals surface area contributed by atoms with Crippen molar-refractivity contribution in [3.63, 3.8) is 0 Å². The number of carbonyl (C=O) groups is 1. The minimum atomic E-state index is -0.160. The van der Waals surface area contributed by atoms with Crippen molar-refractivity contribution in [3.8, 4) is 17.2 Å². The lowest BCUT2D eigenvalue weighted by molar-refractivity contribution is 0.0926. The van der Waals surface area contributed by atoms with E-state index in [0.717, 1.165) is 19.5 Å². The molecule has 1 unspecified atom stereocenters. The van der Waals surface area contributed by atoms with E-state index in [-0.39, 0.29) is 11.9 Å². The second kappa shape index (κ2) is 12.1. The fourth-order valence-corrected chi connectivity index (χ4v) is 5.22. The van der Waals surface area contributed by atoms with Crippen LogP contribution >= 0.6 is 11.3 Å². The van der Waals surface area contributed by atoms with Crippen LogP contribution in [0.15, 0.2) is 53.2 Å². The number of fused-ring (bicyclic) bond motifs is 1. The van der Waals surface area contributed by atoms with Gasteiger partial charge in [-0.25, -0.2) is 0 Å². The van der Waals surface area contributed by atoms with E-state index in [0.29, 0.717) is 49.2 Å². The van der Waals surface area contributed by atoms with Crippen LogP contribution in [0, 0.1) is 0 Å². The highest BCUT2D eigenvalue weighted by molar-refractivity contribution is 7.08. The fraction of sp³-hybridized carbons (Fsp3) is 0.393. The molecule has 0 saturated carbocycles. The first-order valence-electron chi connectivity index (χ1n) is 12.3. The molecule has 0 aliphatic carbocycles. The maximum Gasteiger partial charge on any atom is 0.251 e. The predicted octanol–water partition coefficient (Wildman–Crippen LogP) is 5.47. The summed E-state index contributed by atoms with van der Waals surface area (Å²) in [5.74, 6) is 1.42. The summed E-state index contributed by atoms with van der Waals surface area (Å²) in [7, 11) is 0. The summed E-state index contributed by atoms with van der Waals surface area (Å²) in [6.07, 6.45) is 1.01. The van der Waals surface area contributed by atoms with E-state index in [4.69, 9.17) is 14.2 Å². The first kappa shape index (κ1) is 25.1. The van der Waals surface area contributed by atoms with Crippen LogP contribution in [0.25, 0.3) is 0 Å². The molecule has 0 saturated heterocycles. The van der Waals surface area contributed by atoms with Crippen LogP contribution in [0.3, 0.4) is 0 Å². The first-order chi connectivity index (χ1) is 17.1. The summed E-state index contributed by atoms with van der Waals surface area (Å²) < 4.78 is 17.4. The number of amides is 1. The molecule has 1 aliphatic rings. The van der Waals surface area contributed by atoms with Gasteiger partial charge in [-0.1, -0.05) is 24.3 Å². The third-order valence-electron chi connectivity index (χ3n) is 6.16. The molecule has 6 nitrogen and oxygen atoms in total. The van der Waals surface area contributed by atoms with Gasteiger partial charge in [-0.15, -0.1) is 0 Å². The quantitative estimate of drug-likeness (QED) is 0.383. The van der Waals surface area contributed by atoms with Crippen molar-refractivity contribution < 1.29 is 19.0 Å². The van der Waals surface area contributed by atoms with Gasteiger partial charge in [0.25, 0.3) is 5.91 Å². The Morgan fingerprint density at radius 2 is 1.69 bits per heavy atom. The van der Waals surface area contributed by atoms with Gasteiger partial charge in [0, 0.05) is 25.2 Å². The lowest BCUT2D eigenvalue weighted by atomic mass is 9.97. The molecule has 2 heterocycles. The molecule has 1 amide bonds. The average molecular weight is 495 g/mol. The Labute approximate surface area is 211 Å². The van der Waals surface area contributed by atoms with Crippen molar-refractivity contribution in [1.82, 2.24) is 10.2 Å². The minimum absolute atomic E-state index is 0.0963. The maximum absolute atomic E-state index is 13.3. The first-order valence-corrected chi connectivity index (χ1v) is 13.3. The van der Waals surface area contributed by atoms with E-state index in [1.54, 1.807) is 23.5 Å². The van der Waals surface area contributed by atoms with E-state index in [1.165, 1.54) is 16.7 Å². The zero-order chi connectivity index (χ0) is 24.6. The number of hydrogen-bond donors (Lipinski definition) is 1. The second-order valence-electron chi connectivity index (χ2n) is 8.37. The molecule has 1 N–H and O–H groups in total. The van der Waals surface area contributed by atoms with Crippen LogP contribution in [0.4, 0.5) is 0 Å². The summed E-state index contributed by atoms with van der Waals surface area (Å²) >= 11 is 1.68. The highest BCUT2D eigenvalue weighted by atomic mass is 32.1. The predicted molar refractivity (Wildman–Crippen MR) is 140 cm³/mol. The van der Waals surface area contributed by atoms with Crippen LogP contribution in [0.1, 0.15) is 53.9 Å². The lowest BCUT2D eigenvalue weighted by Gasteiger charge is -2.35. The molecule has 1 aliphatic heterocycles.